The van der Waals surface area contributed by atoms with Crippen LogP contribution >= 0.6 is 0 Å². The minimum absolute atomic E-state index is 0.0142. The van der Waals surface area contributed by atoms with Gasteiger partial charge in [-0.1, -0.05) is 6.92 Å². The lowest BCUT2D eigenvalue weighted by atomic mass is 10.1. The molecule has 2 aromatic rings. The molecule has 0 bridgehead atoms. The van der Waals surface area contributed by atoms with E-state index in [1.807, 2.05) is 39.0 Å². The fourth-order valence-electron chi connectivity index (χ4n) is 1.87. The molecule has 0 saturated heterocycles. The second-order valence-electron chi connectivity index (χ2n) is 4.45. The van der Waals surface area contributed by atoms with Gasteiger partial charge in [0.1, 0.15) is 17.3 Å². The Hall–Kier alpha value is -1.68. The third-order valence-corrected chi connectivity index (χ3v) is 2.94. The molecule has 2 heterocycles. The number of aliphatic hydroxyl groups excluding tert-OH is 1. The second-order valence-corrected chi connectivity index (χ2v) is 4.45. The highest BCUT2D eigenvalue weighted by Gasteiger charge is 2.14. The summed E-state index contributed by atoms with van der Waals surface area (Å²) in [6.45, 7) is 5.91. The van der Waals surface area contributed by atoms with Crippen LogP contribution in [-0.4, -0.2) is 21.7 Å². The molecule has 18 heavy (non-hydrogen) atoms. The van der Waals surface area contributed by atoms with Crippen molar-refractivity contribution in [2.24, 2.45) is 0 Å². The first-order chi connectivity index (χ1) is 8.63. The van der Waals surface area contributed by atoms with Crippen LogP contribution in [0.25, 0.3) is 11.5 Å². The van der Waals surface area contributed by atoms with Crippen molar-refractivity contribution in [3.8, 4) is 11.5 Å². The zero-order valence-corrected chi connectivity index (χ0v) is 11.0. The second kappa shape index (κ2) is 5.31. The molecule has 0 fully saturated rings. The molecule has 1 N–H and O–H groups in total. The van der Waals surface area contributed by atoms with Gasteiger partial charge < -0.3 is 9.52 Å². The van der Waals surface area contributed by atoms with E-state index in [0.29, 0.717) is 5.82 Å². The van der Waals surface area contributed by atoms with Crippen molar-refractivity contribution >= 4 is 0 Å². The topological polar surface area (TPSA) is 59.2 Å². The van der Waals surface area contributed by atoms with Crippen LogP contribution in [0.4, 0.5) is 0 Å². The van der Waals surface area contributed by atoms with Crippen molar-refractivity contribution in [2.75, 3.05) is 6.61 Å². The Kier molecular flexibility index (Phi) is 3.77. The Balaban J connectivity index is 2.43. The van der Waals surface area contributed by atoms with Gasteiger partial charge in [0.05, 0.1) is 6.61 Å². The van der Waals surface area contributed by atoms with Gasteiger partial charge in [0.25, 0.3) is 0 Å². The first-order valence-corrected chi connectivity index (χ1v) is 6.17. The van der Waals surface area contributed by atoms with Crippen LogP contribution in [0.15, 0.2) is 22.6 Å². The predicted octanol–water partition coefficient (Wildman–Crippen LogP) is 2.84. The summed E-state index contributed by atoms with van der Waals surface area (Å²) in [5.74, 6) is 2.27. The summed E-state index contributed by atoms with van der Waals surface area (Å²) in [6, 6.07) is 5.71. The van der Waals surface area contributed by atoms with Gasteiger partial charge in [-0.15, -0.1) is 0 Å². The van der Waals surface area contributed by atoms with Gasteiger partial charge in [0.15, 0.2) is 5.76 Å². The molecule has 0 saturated carbocycles. The summed E-state index contributed by atoms with van der Waals surface area (Å²) in [7, 11) is 0. The van der Waals surface area contributed by atoms with Crippen LogP contribution in [0.3, 0.4) is 0 Å². The molecule has 2 rings (SSSR count). The quantitative estimate of drug-likeness (QED) is 0.901. The number of furan rings is 1. The molecule has 2 aromatic heterocycles. The predicted molar refractivity (Wildman–Crippen MR) is 69.3 cm³/mol. The maximum atomic E-state index is 9.33. The van der Waals surface area contributed by atoms with Crippen molar-refractivity contribution < 1.29 is 9.52 Å². The number of aromatic nitrogens is 2. The van der Waals surface area contributed by atoms with Crippen LogP contribution in [0, 0.1) is 13.8 Å². The molecule has 0 amide bonds. The molecule has 0 aliphatic heterocycles. The summed E-state index contributed by atoms with van der Waals surface area (Å²) in [5, 5.41) is 9.33. The molecule has 0 radical (unpaired) electrons. The monoisotopic (exact) mass is 246 g/mol. The zero-order valence-electron chi connectivity index (χ0n) is 11.0. The molecule has 4 nitrogen and oxygen atoms in total. The highest BCUT2D eigenvalue weighted by molar-refractivity contribution is 5.52. The summed E-state index contributed by atoms with van der Waals surface area (Å²) in [6.07, 6.45) is 0.816. The van der Waals surface area contributed by atoms with Crippen LogP contribution in [0.5, 0.6) is 0 Å². The van der Waals surface area contributed by atoms with Crippen molar-refractivity contribution in [1.29, 1.82) is 0 Å². The Morgan fingerprint density at radius 1 is 1.28 bits per heavy atom. The maximum absolute atomic E-state index is 9.33. The maximum Gasteiger partial charge on any atom is 0.152 e. The Labute approximate surface area is 107 Å². The third-order valence-electron chi connectivity index (χ3n) is 2.94. The van der Waals surface area contributed by atoms with Gasteiger partial charge in [-0.05, 0) is 38.5 Å². The first-order valence-electron chi connectivity index (χ1n) is 6.17. The Morgan fingerprint density at radius 3 is 2.61 bits per heavy atom. The van der Waals surface area contributed by atoms with E-state index in [1.165, 1.54) is 0 Å². The molecule has 1 atom stereocenters. The molecule has 0 aromatic carbocycles. The van der Waals surface area contributed by atoms with E-state index in [-0.39, 0.29) is 12.5 Å². The normalized spacial score (nSPS) is 12.7. The van der Waals surface area contributed by atoms with Crippen LogP contribution < -0.4 is 0 Å². The number of rotatable bonds is 4. The van der Waals surface area contributed by atoms with E-state index >= 15 is 0 Å². The highest BCUT2D eigenvalue weighted by atomic mass is 16.3. The van der Waals surface area contributed by atoms with Gasteiger partial charge in [-0.3, -0.25) is 0 Å². The summed E-state index contributed by atoms with van der Waals surface area (Å²) in [5.41, 5.74) is 1.66. The van der Waals surface area contributed by atoms with Gasteiger partial charge in [0, 0.05) is 11.6 Å². The van der Waals surface area contributed by atoms with Gasteiger partial charge >= 0.3 is 0 Å². The Bertz CT molecular complexity index is 530. The van der Waals surface area contributed by atoms with Gasteiger partial charge in [0.2, 0.25) is 0 Å². The SMILES string of the molecule is CCC(CO)c1nc(C)cc(-c2ccc(C)o2)n1. The minimum atomic E-state index is -0.0142. The van der Waals surface area contributed by atoms with Crippen molar-refractivity contribution in [3.63, 3.8) is 0 Å². The number of nitrogens with zero attached hydrogens (tertiary/aromatic N) is 2. The van der Waals surface area contributed by atoms with Crippen molar-refractivity contribution in [2.45, 2.75) is 33.1 Å². The van der Waals surface area contributed by atoms with Crippen molar-refractivity contribution in [1.82, 2.24) is 9.97 Å². The fourth-order valence-corrected chi connectivity index (χ4v) is 1.87. The number of aryl methyl sites for hydroxylation is 2. The number of hydrogen-bond acceptors (Lipinski definition) is 4. The largest absolute Gasteiger partial charge is 0.460 e. The smallest absolute Gasteiger partial charge is 0.152 e. The van der Waals surface area contributed by atoms with E-state index in [4.69, 9.17) is 4.42 Å². The summed E-state index contributed by atoms with van der Waals surface area (Å²) in [4.78, 5) is 8.89. The first kappa shape index (κ1) is 12.8. The average molecular weight is 246 g/mol. The third kappa shape index (κ3) is 2.59. The van der Waals surface area contributed by atoms with Crippen molar-refractivity contribution in [3.05, 3.63) is 35.5 Å². The Morgan fingerprint density at radius 2 is 2.06 bits per heavy atom. The molecular weight excluding hydrogens is 228 g/mol. The standard InChI is InChI=1S/C14H18N2O2/c1-4-11(8-17)14-15-9(2)7-12(16-14)13-6-5-10(3)18-13/h5-7,11,17H,4,8H2,1-3H3. The van der Waals surface area contributed by atoms with Gasteiger partial charge in [-0.25, -0.2) is 9.97 Å². The highest BCUT2D eigenvalue weighted by Crippen LogP contribution is 2.23. The lowest BCUT2D eigenvalue weighted by molar-refractivity contribution is 0.257. The number of hydrogen-bond donors (Lipinski definition) is 1. The summed E-state index contributed by atoms with van der Waals surface area (Å²) >= 11 is 0. The molecule has 4 heteroatoms. The summed E-state index contributed by atoms with van der Waals surface area (Å²) < 4.78 is 5.57. The molecular formula is C14H18N2O2. The van der Waals surface area contributed by atoms with Crippen LogP contribution in [0.2, 0.25) is 0 Å². The van der Waals surface area contributed by atoms with E-state index in [9.17, 15) is 5.11 Å². The average Bonchev–Trinajstić information content (AvgIpc) is 2.77. The molecule has 0 aliphatic carbocycles. The lowest BCUT2D eigenvalue weighted by Crippen LogP contribution is -2.09. The van der Waals surface area contributed by atoms with E-state index < -0.39 is 0 Å². The molecule has 0 spiro atoms. The molecule has 1 unspecified atom stereocenters. The van der Waals surface area contributed by atoms with E-state index in [2.05, 4.69) is 9.97 Å². The van der Waals surface area contributed by atoms with E-state index in [0.717, 1.165) is 29.3 Å². The van der Waals surface area contributed by atoms with Crippen LogP contribution in [-0.2, 0) is 0 Å². The zero-order chi connectivity index (χ0) is 13.1. The molecule has 96 valence electrons. The minimum Gasteiger partial charge on any atom is -0.460 e. The lowest BCUT2D eigenvalue weighted by Gasteiger charge is -2.11. The van der Waals surface area contributed by atoms with Gasteiger partial charge in [-0.2, -0.15) is 0 Å². The molecule has 0 aliphatic rings. The van der Waals surface area contributed by atoms with E-state index in [1.54, 1.807) is 0 Å². The van der Waals surface area contributed by atoms with Crippen LogP contribution in [0.1, 0.15) is 36.5 Å². The number of aliphatic hydroxyl groups is 1. The fraction of sp³-hybridized carbons (Fsp3) is 0.429.